The van der Waals surface area contributed by atoms with Gasteiger partial charge in [0.2, 0.25) is 5.91 Å². The van der Waals surface area contributed by atoms with Gasteiger partial charge in [-0.1, -0.05) is 12.1 Å². The van der Waals surface area contributed by atoms with Crippen LogP contribution >= 0.6 is 0 Å². The number of ether oxygens (including phenoxy) is 1. The second kappa shape index (κ2) is 7.73. The number of amides is 2. The van der Waals surface area contributed by atoms with Gasteiger partial charge in [0, 0.05) is 7.05 Å². The highest BCUT2D eigenvalue weighted by Gasteiger charge is 2.32. The van der Waals surface area contributed by atoms with E-state index in [1.54, 1.807) is 20.8 Å². The lowest BCUT2D eigenvalue weighted by atomic mass is 10.0. The topological polar surface area (TPSA) is 78.9 Å². The molecule has 1 aromatic rings. The minimum Gasteiger partial charge on any atom is -0.444 e. The molecule has 25 heavy (non-hydrogen) atoms. The van der Waals surface area contributed by atoms with Crippen LogP contribution in [-0.4, -0.2) is 34.9 Å². The van der Waals surface area contributed by atoms with Gasteiger partial charge in [-0.25, -0.2) is 9.86 Å². The zero-order chi connectivity index (χ0) is 19.4. The second-order valence-electron chi connectivity index (χ2n) is 6.44. The van der Waals surface area contributed by atoms with Crippen molar-refractivity contribution in [3.05, 3.63) is 35.4 Å². The van der Waals surface area contributed by atoms with Crippen molar-refractivity contribution in [1.29, 1.82) is 0 Å². The lowest BCUT2D eigenvalue weighted by Crippen LogP contribution is -2.37. The SMILES string of the molecule is CN(O)C(=O)CC(NC(=O)OC(C)(C)C)c1cccc(C(F)(F)F)c1. The molecule has 0 aliphatic heterocycles. The summed E-state index contributed by atoms with van der Waals surface area (Å²) in [5, 5.41) is 11.9. The van der Waals surface area contributed by atoms with Gasteiger partial charge in [-0.15, -0.1) is 0 Å². The van der Waals surface area contributed by atoms with Crippen molar-refractivity contribution in [2.45, 2.75) is 45.0 Å². The molecule has 0 spiro atoms. The molecule has 0 bridgehead atoms. The highest BCUT2D eigenvalue weighted by atomic mass is 19.4. The molecule has 0 saturated carbocycles. The maximum atomic E-state index is 12.9. The zero-order valence-corrected chi connectivity index (χ0v) is 14.3. The summed E-state index contributed by atoms with van der Waals surface area (Å²) >= 11 is 0. The van der Waals surface area contributed by atoms with E-state index < -0.39 is 41.8 Å². The number of hydroxylamine groups is 2. The minimum absolute atomic E-state index is 0.0656. The zero-order valence-electron chi connectivity index (χ0n) is 14.3. The molecule has 0 aliphatic rings. The first-order valence-electron chi connectivity index (χ1n) is 7.41. The van der Waals surface area contributed by atoms with E-state index >= 15 is 0 Å². The van der Waals surface area contributed by atoms with Crippen LogP contribution in [0.3, 0.4) is 0 Å². The molecule has 0 aliphatic carbocycles. The van der Waals surface area contributed by atoms with Gasteiger partial charge in [0.05, 0.1) is 18.0 Å². The van der Waals surface area contributed by atoms with Gasteiger partial charge in [0.1, 0.15) is 5.60 Å². The molecule has 6 nitrogen and oxygen atoms in total. The van der Waals surface area contributed by atoms with Crippen LogP contribution in [-0.2, 0) is 15.7 Å². The molecule has 0 saturated heterocycles. The van der Waals surface area contributed by atoms with E-state index in [1.807, 2.05) is 0 Å². The van der Waals surface area contributed by atoms with Crippen molar-refractivity contribution in [2.24, 2.45) is 0 Å². The maximum Gasteiger partial charge on any atom is 0.416 e. The Morgan fingerprint density at radius 3 is 2.36 bits per heavy atom. The average molecular weight is 362 g/mol. The molecule has 1 unspecified atom stereocenters. The highest BCUT2D eigenvalue weighted by molar-refractivity contribution is 5.77. The fourth-order valence-corrected chi connectivity index (χ4v) is 1.94. The van der Waals surface area contributed by atoms with Crippen molar-refractivity contribution in [2.75, 3.05) is 7.05 Å². The van der Waals surface area contributed by atoms with E-state index in [2.05, 4.69) is 5.32 Å². The predicted octanol–water partition coefficient (Wildman–Crippen LogP) is 3.51. The van der Waals surface area contributed by atoms with E-state index in [0.29, 0.717) is 5.06 Å². The largest absolute Gasteiger partial charge is 0.444 e. The van der Waals surface area contributed by atoms with Gasteiger partial charge in [-0.2, -0.15) is 13.2 Å². The van der Waals surface area contributed by atoms with Crippen LogP contribution in [0.1, 0.15) is 44.4 Å². The van der Waals surface area contributed by atoms with Gasteiger partial charge in [-0.05, 0) is 38.5 Å². The molecule has 9 heteroatoms. The molecule has 2 amide bonds. The number of rotatable bonds is 4. The molecular formula is C16H21F3N2O4. The summed E-state index contributed by atoms with van der Waals surface area (Å²) in [4.78, 5) is 23.7. The summed E-state index contributed by atoms with van der Waals surface area (Å²) in [6, 6.07) is 3.15. The Kier molecular flexibility index (Phi) is 6.42. The van der Waals surface area contributed by atoms with E-state index in [1.165, 1.54) is 12.1 Å². The van der Waals surface area contributed by atoms with E-state index in [9.17, 15) is 28.0 Å². The first-order valence-corrected chi connectivity index (χ1v) is 7.41. The third-order valence-electron chi connectivity index (χ3n) is 3.05. The number of carbonyl (C=O) groups is 2. The van der Waals surface area contributed by atoms with E-state index in [0.717, 1.165) is 19.2 Å². The Labute approximate surface area is 143 Å². The van der Waals surface area contributed by atoms with Crippen molar-refractivity contribution < 1.29 is 32.7 Å². The lowest BCUT2D eigenvalue weighted by molar-refractivity contribution is -0.159. The number of nitrogens with one attached hydrogen (secondary N) is 1. The molecule has 1 rings (SSSR count). The van der Waals surface area contributed by atoms with E-state index in [-0.39, 0.29) is 5.56 Å². The number of hydrogen-bond donors (Lipinski definition) is 2. The molecule has 0 heterocycles. The maximum absolute atomic E-state index is 12.9. The third-order valence-corrected chi connectivity index (χ3v) is 3.05. The van der Waals surface area contributed by atoms with Gasteiger partial charge < -0.3 is 10.1 Å². The average Bonchev–Trinajstić information content (AvgIpc) is 2.43. The lowest BCUT2D eigenvalue weighted by Gasteiger charge is -2.24. The number of carbonyl (C=O) groups excluding carboxylic acids is 2. The van der Waals surface area contributed by atoms with Crippen molar-refractivity contribution in [3.63, 3.8) is 0 Å². The van der Waals surface area contributed by atoms with Crippen LogP contribution in [0.5, 0.6) is 0 Å². The van der Waals surface area contributed by atoms with Crippen LogP contribution in [0.4, 0.5) is 18.0 Å². The third kappa shape index (κ3) is 7.00. The second-order valence-corrected chi connectivity index (χ2v) is 6.44. The van der Waals surface area contributed by atoms with Crippen LogP contribution in [0.2, 0.25) is 0 Å². The predicted molar refractivity (Wildman–Crippen MR) is 82.7 cm³/mol. The normalized spacial score (nSPS) is 13.1. The van der Waals surface area contributed by atoms with Crippen LogP contribution < -0.4 is 5.32 Å². The first kappa shape index (κ1) is 20.8. The quantitative estimate of drug-likeness (QED) is 0.635. The molecular weight excluding hydrogens is 341 g/mol. The number of halogens is 3. The van der Waals surface area contributed by atoms with Crippen LogP contribution in [0.15, 0.2) is 24.3 Å². The molecule has 2 N–H and O–H groups in total. The van der Waals surface area contributed by atoms with Gasteiger partial charge in [0.15, 0.2) is 0 Å². The number of alkyl carbamates (subject to hydrolysis) is 1. The van der Waals surface area contributed by atoms with Crippen molar-refractivity contribution in [3.8, 4) is 0 Å². The minimum atomic E-state index is -4.57. The standard InChI is InChI=1S/C16H21F3N2O4/c1-15(2,3)25-14(23)20-12(9-13(22)21(4)24)10-6-5-7-11(8-10)16(17,18)19/h5-8,12,24H,9H2,1-4H3,(H,20,23). The summed E-state index contributed by atoms with van der Waals surface area (Å²) in [5.74, 6) is -0.779. The van der Waals surface area contributed by atoms with Crippen molar-refractivity contribution >= 4 is 12.0 Å². The Morgan fingerprint density at radius 1 is 1.28 bits per heavy atom. The van der Waals surface area contributed by atoms with Gasteiger partial charge in [0.25, 0.3) is 0 Å². The monoisotopic (exact) mass is 362 g/mol. The molecule has 1 atom stereocenters. The smallest absolute Gasteiger partial charge is 0.416 e. The van der Waals surface area contributed by atoms with Crippen LogP contribution in [0.25, 0.3) is 0 Å². The van der Waals surface area contributed by atoms with E-state index in [4.69, 9.17) is 4.74 Å². The molecule has 0 radical (unpaired) electrons. The first-order chi connectivity index (χ1) is 11.3. The number of hydrogen-bond acceptors (Lipinski definition) is 4. The Balaban J connectivity index is 3.10. The fraction of sp³-hybridized carbons (Fsp3) is 0.500. The number of nitrogens with zero attached hydrogens (tertiary/aromatic N) is 1. The van der Waals surface area contributed by atoms with Gasteiger partial charge >= 0.3 is 12.3 Å². The molecule has 0 fully saturated rings. The summed E-state index contributed by atoms with van der Waals surface area (Å²) in [6.07, 6.45) is -5.89. The molecule has 0 aromatic heterocycles. The Hall–Kier alpha value is -2.29. The van der Waals surface area contributed by atoms with Gasteiger partial charge in [-0.3, -0.25) is 10.0 Å². The summed E-state index contributed by atoms with van der Waals surface area (Å²) in [5.41, 5.74) is -1.66. The fourth-order valence-electron chi connectivity index (χ4n) is 1.94. The summed E-state index contributed by atoms with van der Waals surface area (Å²) < 4.78 is 43.7. The molecule has 1 aromatic carbocycles. The van der Waals surface area contributed by atoms with Crippen molar-refractivity contribution in [1.82, 2.24) is 10.4 Å². The Bertz CT molecular complexity index is 625. The highest BCUT2D eigenvalue weighted by Crippen LogP contribution is 2.31. The Morgan fingerprint density at radius 2 is 1.88 bits per heavy atom. The van der Waals surface area contributed by atoms with Crippen LogP contribution in [0, 0.1) is 0 Å². The summed E-state index contributed by atoms with van der Waals surface area (Å²) in [7, 11) is 1.08. The number of alkyl halides is 3. The molecule has 140 valence electrons. The number of benzene rings is 1. The summed E-state index contributed by atoms with van der Waals surface area (Å²) in [6.45, 7) is 4.87.